The highest BCUT2D eigenvalue weighted by Crippen LogP contribution is 2.28. The van der Waals surface area contributed by atoms with E-state index >= 15 is 0 Å². The zero-order valence-electron chi connectivity index (χ0n) is 15.1. The van der Waals surface area contributed by atoms with E-state index in [-0.39, 0.29) is 12.2 Å². The second-order valence-electron chi connectivity index (χ2n) is 6.79. The Morgan fingerprint density at radius 2 is 1.59 bits per heavy atom. The van der Waals surface area contributed by atoms with Crippen molar-refractivity contribution < 1.29 is 9.53 Å². The smallest absolute Gasteiger partial charge is 0.414 e. The number of para-hydroxylation sites is 1. The zero-order chi connectivity index (χ0) is 18.8. The summed E-state index contributed by atoms with van der Waals surface area (Å²) in [7, 11) is 0. The molecule has 2 fully saturated rings. The van der Waals surface area contributed by atoms with E-state index in [2.05, 4.69) is 28.0 Å². The summed E-state index contributed by atoms with van der Waals surface area (Å²) in [4.78, 5) is 18.3. The average molecular weight is 387 g/mol. The van der Waals surface area contributed by atoms with Crippen LogP contribution in [0, 0.1) is 0 Å². The van der Waals surface area contributed by atoms with E-state index in [9.17, 15) is 4.79 Å². The number of piperazine rings is 1. The molecule has 0 spiro atoms. The summed E-state index contributed by atoms with van der Waals surface area (Å²) in [5.41, 5.74) is 8.69. The van der Waals surface area contributed by atoms with E-state index in [1.807, 2.05) is 30.3 Å². The molecular formula is C20H23ClN4O2. The molecule has 7 heteroatoms. The molecule has 1 amide bonds. The summed E-state index contributed by atoms with van der Waals surface area (Å²) in [5, 5.41) is 0.795. The lowest BCUT2D eigenvalue weighted by atomic mass is 10.2. The van der Waals surface area contributed by atoms with Crippen molar-refractivity contribution in [1.82, 2.24) is 0 Å². The fourth-order valence-corrected chi connectivity index (χ4v) is 3.87. The van der Waals surface area contributed by atoms with Gasteiger partial charge in [-0.25, -0.2) is 4.79 Å². The maximum atomic E-state index is 12.0. The molecule has 2 aromatic rings. The number of nitrogens with zero attached hydrogens (tertiary/aromatic N) is 3. The molecule has 0 aliphatic carbocycles. The second-order valence-corrected chi connectivity index (χ2v) is 7.20. The number of anilines is 3. The van der Waals surface area contributed by atoms with E-state index in [0.717, 1.165) is 48.3 Å². The molecule has 0 bridgehead atoms. The Balaban J connectivity index is 1.39. The van der Waals surface area contributed by atoms with Crippen LogP contribution in [0.25, 0.3) is 0 Å². The van der Waals surface area contributed by atoms with Crippen LogP contribution >= 0.6 is 11.6 Å². The zero-order valence-corrected chi connectivity index (χ0v) is 15.8. The summed E-state index contributed by atoms with van der Waals surface area (Å²) in [5.74, 6) is 0. The Kier molecular flexibility index (Phi) is 5.09. The Morgan fingerprint density at radius 1 is 0.963 bits per heavy atom. The minimum absolute atomic E-state index is 0.227. The molecule has 142 valence electrons. The normalized spacial score (nSPS) is 20.1. The predicted molar refractivity (Wildman–Crippen MR) is 109 cm³/mol. The molecule has 2 N–H and O–H groups in total. The first kappa shape index (κ1) is 17.9. The van der Waals surface area contributed by atoms with E-state index < -0.39 is 0 Å². The maximum Gasteiger partial charge on any atom is 0.414 e. The Labute approximate surface area is 164 Å². The van der Waals surface area contributed by atoms with Gasteiger partial charge in [-0.15, -0.1) is 0 Å². The standard InChI is InChI=1S/C20H23ClN4O2/c21-18-3-1-2-4-19(18)24-11-9-23(10-12-24)15-5-7-16(8-6-15)25-14-17(13-22)27-20(25)26/h1-8,17H,9-14,22H2/t17-/m0/s1. The molecule has 4 rings (SSSR count). The van der Waals surface area contributed by atoms with Crippen molar-refractivity contribution in [2.24, 2.45) is 5.73 Å². The van der Waals surface area contributed by atoms with Gasteiger partial charge in [0.15, 0.2) is 0 Å². The lowest BCUT2D eigenvalue weighted by Gasteiger charge is -2.37. The molecule has 2 saturated heterocycles. The molecule has 2 aliphatic rings. The molecule has 0 unspecified atom stereocenters. The fourth-order valence-electron chi connectivity index (χ4n) is 3.61. The highest BCUT2D eigenvalue weighted by Gasteiger charge is 2.31. The van der Waals surface area contributed by atoms with Crippen LogP contribution < -0.4 is 20.4 Å². The van der Waals surface area contributed by atoms with E-state index in [0.29, 0.717) is 13.1 Å². The molecule has 0 aromatic heterocycles. The molecule has 0 saturated carbocycles. The van der Waals surface area contributed by atoms with Gasteiger partial charge in [0.05, 0.1) is 17.3 Å². The summed E-state index contributed by atoms with van der Waals surface area (Å²) < 4.78 is 5.22. The van der Waals surface area contributed by atoms with Crippen molar-refractivity contribution in [3.63, 3.8) is 0 Å². The number of halogens is 1. The molecule has 2 aliphatic heterocycles. The van der Waals surface area contributed by atoms with Gasteiger partial charge in [0.2, 0.25) is 0 Å². The molecule has 2 heterocycles. The number of benzene rings is 2. The molecule has 27 heavy (non-hydrogen) atoms. The van der Waals surface area contributed by atoms with E-state index in [1.165, 1.54) is 0 Å². The van der Waals surface area contributed by atoms with Gasteiger partial charge in [0.25, 0.3) is 0 Å². The predicted octanol–water partition coefficient (Wildman–Crippen LogP) is 2.95. The van der Waals surface area contributed by atoms with Crippen molar-refractivity contribution in [3.05, 3.63) is 53.6 Å². The van der Waals surface area contributed by atoms with Crippen molar-refractivity contribution in [2.45, 2.75) is 6.10 Å². The minimum Gasteiger partial charge on any atom is -0.443 e. The summed E-state index contributed by atoms with van der Waals surface area (Å²) in [6, 6.07) is 16.0. The number of nitrogens with two attached hydrogens (primary N) is 1. The number of ether oxygens (including phenoxy) is 1. The number of amides is 1. The first-order valence-electron chi connectivity index (χ1n) is 9.18. The third kappa shape index (κ3) is 3.68. The van der Waals surface area contributed by atoms with Crippen LogP contribution in [-0.2, 0) is 4.74 Å². The Hall–Kier alpha value is -2.44. The van der Waals surface area contributed by atoms with Gasteiger partial charge in [-0.1, -0.05) is 23.7 Å². The fraction of sp³-hybridized carbons (Fsp3) is 0.350. The highest BCUT2D eigenvalue weighted by atomic mass is 35.5. The number of rotatable bonds is 4. The minimum atomic E-state index is -0.327. The van der Waals surface area contributed by atoms with Crippen molar-refractivity contribution in [3.8, 4) is 0 Å². The number of hydrogen-bond acceptors (Lipinski definition) is 5. The third-order valence-corrected chi connectivity index (χ3v) is 5.46. The largest absolute Gasteiger partial charge is 0.443 e. The van der Waals surface area contributed by atoms with Gasteiger partial charge in [-0.3, -0.25) is 4.90 Å². The summed E-state index contributed by atoms with van der Waals surface area (Å²) >= 11 is 6.32. The van der Waals surface area contributed by atoms with Crippen LogP contribution in [0.15, 0.2) is 48.5 Å². The van der Waals surface area contributed by atoms with Crippen LogP contribution in [-0.4, -0.2) is 51.5 Å². The number of carbonyl (C=O) groups is 1. The van der Waals surface area contributed by atoms with Crippen LogP contribution in [0.4, 0.5) is 21.9 Å². The summed E-state index contributed by atoms with van der Waals surface area (Å²) in [6.07, 6.45) is -0.554. The number of hydrogen-bond donors (Lipinski definition) is 1. The number of carbonyl (C=O) groups excluding carboxylic acids is 1. The molecule has 1 atom stereocenters. The Bertz CT molecular complexity index is 806. The van der Waals surface area contributed by atoms with E-state index in [4.69, 9.17) is 22.1 Å². The third-order valence-electron chi connectivity index (χ3n) is 5.14. The highest BCUT2D eigenvalue weighted by molar-refractivity contribution is 6.33. The monoisotopic (exact) mass is 386 g/mol. The van der Waals surface area contributed by atoms with Gasteiger partial charge in [-0.05, 0) is 36.4 Å². The van der Waals surface area contributed by atoms with E-state index in [1.54, 1.807) is 4.90 Å². The van der Waals surface area contributed by atoms with Crippen molar-refractivity contribution in [1.29, 1.82) is 0 Å². The lowest BCUT2D eigenvalue weighted by molar-refractivity contribution is 0.145. The van der Waals surface area contributed by atoms with Crippen molar-refractivity contribution in [2.75, 3.05) is 54.0 Å². The molecule has 6 nitrogen and oxygen atoms in total. The van der Waals surface area contributed by atoms with Gasteiger partial charge in [-0.2, -0.15) is 0 Å². The van der Waals surface area contributed by atoms with Crippen LogP contribution in [0.1, 0.15) is 0 Å². The summed E-state index contributed by atoms with van der Waals surface area (Å²) in [6.45, 7) is 4.53. The van der Waals surface area contributed by atoms with Crippen LogP contribution in [0.5, 0.6) is 0 Å². The van der Waals surface area contributed by atoms with Gasteiger partial charge in [0.1, 0.15) is 6.10 Å². The van der Waals surface area contributed by atoms with Crippen molar-refractivity contribution >= 4 is 34.8 Å². The van der Waals surface area contributed by atoms with Gasteiger partial charge < -0.3 is 20.3 Å². The number of cyclic esters (lactones) is 1. The molecular weight excluding hydrogens is 364 g/mol. The average Bonchev–Trinajstić information content (AvgIpc) is 3.09. The molecule has 0 radical (unpaired) electrons. The van der Waals surface area contributed by atoms with Crippen LogP contribution in [0.3, 0.4) is 0 Å². The topological polar surface area (TPSA) is 62.0 Å². The first-order valence-corrected chi connectivity index (χ1v) is 9.56. The first-order chi connectivity index (χ1) is 13.2. The maximum absolute atomic E-state index is 12.0. The Morgan fingerprint density at radius 3 is 2.22 bits per heavy atom. The van der Waals surface area contributed by atoms with Gasteiger partial charge in [0, 0.05) is 44.1 Å². The quantitative estimate of drug-likeness (QED) is 0.875. The second kappa shape index (κ2) is 7.66. The van der Waals surface area contributed by atoms with Crippen LogP contribution in [0.2, 0.25) is 5.02 Å². The SMILES string of the molecule is NC[C@H]1CN(c2ccc(N3CCN(c4ccccc4Cl)CC3)cc2)C(=O)O1. The molecule has 2 aromatic carbocycles. The lowest BCUT2D eigenvalue weighted by Crippen LogP contribution is -2.46. The van der Waals surface area contributed by atoms with Gasteiger partial charge >= 0.3 is 6.09 Å².